The van der Waals surface area contributed by atoms with Crippen molar-refractivity contribution in [3.8, 4) is 0 Å². The largest absolute Gasteiger partial charge is 0.378 e. The van der Waals surface area contributed by atoms with Crippen molar-refractivity contribution in [2.75, 3.05) is 13.6 Å². The van der Waals surface area contributed by atoms with Gasteiger partial charge in [0.2, 0.25) is 0 Å². The molecule has 0 saturated heterocycles. The predicted molar refractivity (Wildman–Crippen MR) is 125 cm³/mol. The maximum Gasteiger partial charge on any atom is 0.0171 e. The van der Waals surface area contributed by atoms with Crippen molar-refractivity contribution >= 4 is 0 Å². The molecule has 1 nitrogen and oxygen atoms in total. The molecule has 1 heteroatoms. The zero-order valence-electron chi connectivity index (χ0n) is 19.8. The van der Waals surface area contributed by atoms with Crippen LogP contribution in [0.5, 0.6) is 0 Å². The topological polar surface area (TPSA) is 3.24 Å². The Hall–Kier alpha value is -0.460. The van der Waals surface area contributed by atoms with Crippen LogP contribution in [0, 0.1) is 11.8 Å². The fourth-order valence-electron chi connectivity index (χ4n) is 3.74. The molecule has 0 aromatic rings. The lowest BCUT2D eigenvalue weighted by atomic mass is 10.0. The average molecular weight is 380 g/mol. The van der Waals surface area contributed by atoms with E-state index in [-0.39, 0.29) is 0 Å². The lowest BCUT2D eigenvalue weighted by molar-refractivity contribution is 0.371. The smallest absolute Gasteiger partial charge is 0.0171 e. The van der Waals surface area contributed by atoms with E-state index in [0.29, 0.717) is 0 Å². The summed E-state index contributed by atoms with van der Waals surface area (Å²) in [6, 6.07) is 0. The Labute approximate surface area is 173 Å². The van der Waals surface area contributed by atoms with Crippen LogP contribution in [0.3, 0.4) is 0 Å². The van der Waals surface area contributed by atoms with Crippen LogP contribution in [0.4, 0.5) is 0 Å². The van der Waals surface area contributed by atoms with E-state index in [4.69, 9.17) is 0 Å². The summed E-state index contributed by atoms with van der Waals surface area (Å²) in [5.74, 6) is 1.71. The number of hydrogen-bond donors (Lipinski definition) is 0. The standard InChI is InChI=1S/C26H53N/c1-24(2)20-17-15-13-11-9-7-8-10-12-14-16-18-22-26(5)27(6)23-19-21-25(3)4/h24-25H,5,7-23H2,1-4,6H3. The van der Waals surface area contributed by atoms with Gasteiger partial charge >= 0.3 is 0 Å². The second-order valence-electron chi connectivity index (χ2n) is 9.70. The van der Waals surface area contributed by atoms with Gasteiger partial charge in [-0.2, -0.15) is 0 Å². The molecule has 0 aromatic heterocycles. The normalized spacial score (nSPS) is 11.5. The van der Waals surface area contributed by atoms with Crippen LogP contribution >= 0.6 is 0 Å². The lowest BCUT2D eigenvalue weighted by Gasteiger charge is -2.22. The molecule has 0 unspecified atom stereocenters. The van der Waals surface area contributed by atoms with E-state index in [0.717, 1.165) is 11.8 Å². The first kappa shape index (κ1) is 26.5. The summed E-state index contributed by atoms with van der Waals surface area (Å²) in [4.78, 5) is 2.38. The summed E-state index contributed by atoms with van der Waals surface area (Å²) in [5.41, 5.74) is 1.34. The maximum absolute atomic E-state index is 4.28. The van der Waals surface area contributed by atoms with Crippen molar-refractivity contribution in [2.24, 2.45) is 11.8 Å². The Morgan fingerprint density at radius 3 is 1.41 bits per heavy atom. The highest BCUT2D eigenvalue weighted by Crippen LogP contribution is 2.16. The fourth-order valence-corrected chi connectivity index (χ4v) is 3.74. The molecule has 0 aliphatic heterocycles. The molecule has 0 amide bonds. The average Bonchev–Trinajstić information content (AvgIpc) is 2.61. The number of unbranched alkanes of at least 4 members (excludes halogenated alkanes) is 11. The summed E-state index contributed by atoms with van der Waals surface area (Å²) >= 11 is 0. The summed E-state index contributed by atoms with van der Waals surface area (Å²) in [6.07, 6.45) is 22.4. The summed E-state index contributed by atoms with van der Waals surface area (Å²) in [5, 5.41) is 0. The van der Waals surface area contributed by atoms with Crippen LogP contribution in [0.1, 0.15) is 130 Å². The molecule has 0 saturated carbocycles. The molecule has 0 fully saturated rings. The van der Waals surface area contributed by atoms with Gasteiger partial charge in [-0.3, -0.25) is 0 Å². The molecular formula is C26H53N. The van der Waals surface area contributed by atoms with Gasteiger partial charge in [-0.1, -0.05) is 111 Å². The lowest BCUT2D eigenvalue weighted by Crippen LogP contribution is -2.18. The minimum Gasteiger partial charge on any atom is -0.378 e. The molecule has 0 N–H and O–H groups in total. The van der Waals surface area contributed by atoms with Crippen molar-refractivity contribution < 1.29 is 0 Å². The van der Waals surface area contributed by atoms with E-state index in [2.05, 4.69) is 46.2 Å². The van der Waals surface area contributed by atoms with Gasteiger partial charge in [0.05, 0.1) is 0 Å². The minimum absolute atomic E-state index is 0.821. The summed E-state index contributed by atoms with van der Waals surface area (Å²) in [6.45, 7) is 14.7. The Morgan fingerprint density at radius 1 is 0.593 bits per heavy atom. The zero-order valence-corrected chi connectivity index (χ0v) is 19.8. The van der Waals surface area contributed by atoms with Crippen LogP contribution in [-0.4, -0.2) is 18.5 Å². The molecule has 0 bridgehead atoms. The maximum atomic E-state index is 4.28. The van der Waals surface area contributed by atoms with Crippen LogP contribution in [0.2, 0.25) is 0 Å². The van der Waals surface area contributed by atoms with Gasteiger partial charge in [-0.05, 0) is 37.5 Å². The van der Waals surface area contributed by atoms with Crippen molar-refractivity contribution in [3.63, 3.8) is 0 Å². The molecule has 0 aliphatic carbocycles. The van der Waals surface area contributed by atoms with Crippen LogP contribution < -0.4 is 0 Å². The molecule has 27 heavy (non-hydrogen) atoms. The van der Waals surface area contributed by atoms with Crippen molar-refractivity contribution in [2.45, 2.75) is 130 Å². The van der Waals surface area contributed by atoms with Gasteiger partial charge in [0, 0.05) is 19.3 Å². The second kappa shape index (κ2) is 18.9. The van der Waals surface area contributed by atoms with Crippen molar-refractivity contribution in [1.82, 2.24) is 4.90 Å². The highest BCUT2D eigenvalue weighted by molar-refractivity contribution is 4.91. The number of allylic oxidation sites excluding steroid dienone is 1. The monoisotopic (exact) mass is 379 g/mol. The number of nitrogens with zero attached hydrogens (tertiary/aromatic N) is 1. The first-order valence-corrected chi connectivity index (χ1v) is 12.3. The van der Waals surface area contributed by atoms with E-state index >= 15 is 0 Å². The predicted octanol–water partition coefficient (Wildman–Crippen LogP) is 8.99. The first-order valence-electron chi connectivity index (χ1n) is 12.3. The van der Waals surface area contributed by atoms with E-state index in [1.807, 2.05) is 0 Å². The van der Waals surface area contributed by atoms with E-state index in [1.54, 1.807) is 0 Å². The van der Waals surface area contributed by atoms with Crippen molar-refractivity contribution in [3.05, 3.63) is 12.3 Å². The molecule has 162 valence electrons. The number of rotatable bonds is 20. The van der Waals surface area contributed by atoms with Crippen LogP contribution in [-0.2, 0) is 0 Å². The van der Waals surface area contributed by atoms with Crippen LogP contribution in [0.15, 0.2) is 12.3 Å². The fraction of sp³-hybridized carbons (Fsp3) is 0.923. The Kier molecular flexibility index (Phi) is 18.6. The van der Waals surface area contributed by atoms with Gasteiger partial charge in [-0.15, -0.1) is 0 Å². The molecule has 0 heterocycles. The van der Waals surface area contributed by atoms with Gasteiger partial charge in [0.15, 0.2) is 0 Å². The van der Waals surface area contributed by atoms with Gasteiger partial charge in [0.25, 0.3) is 0 Å². The van der Waals surface area contributed by atoms with E-state index in [9.17, 15) is 0 Å². The second-order valence-corrected chi connectivity index (χ2v) is 9.70. The highest BCUT2D eigenvalue weighted by atomic mass is 15.1. The number of hydrogen-bond acceptors (Lipinski definition) is 1. The highest BCUT2D eigenvalue weighted by Gasteiger charge is 2.03. The third kappa shape index (κ3) is 20.1. The molecule has 0 aliphatic rings. The summed E-state index contributed by atoms with van der Waals surface area (Å²) in [7, 11) is 2.22. The summed E-state index contributed by atoms with van der Waals surface area (Å²) < 4.78 is 0. The molecule has 0 rings (SSSR count). The van der Waals surface area contributed by atoms with Crippen LogP contribution in [0.25, 0.3) is 0 Å². The van der Waals surface area contributed by atoms with Gasteiger partial charge in [0.1, 0.15) is 0 Å². The molecule has 0 atom stereocenters. The van der Waals surface area contributed by atoms with E-state index < -0.39 is 0 Å². The zero-order chi connectivity index (χ0) is 20.3. The molecule has 0 aromatic carbocycles. The van der Waals surface area contributed by atoms with E-state index in [1.165, 1.54) is 115 Å². The van der Waals surface area contributed by atoms with Crippen molar-refractivity contribution in [1.29, 1.82) is 0 Å². The van der Waals surface area contributed by atoms with Gasteiger partial charge in [-0.25, -0.2) is 0 Å². The SMILES string of the molecule is C=C(CCCCCCCCCCCCCCC(C)C)N(C)CCCC(C)C. The third-order valence-corrected chi connectivity index (χ3v) is 5.81. The Morgan fingerprint density at radius 2 is 0.963 bits per heavy atom. The molecule has 0 radical (unpaired) electrons. The minimum atomic E-state index is 0.821. The van der Waals surface area contributed by atoms with Gasteiger partial charge < -0.3 is 4.90 Å². The third-order valence-electron chi connectivity index (χ3n) is 5.81. The quantitative estimate of drug-likeness (QED) is 0.191. The first-order chi connectivity index (χ1) is 12.9. The Balaban J connectivity index is 3.27. The molecule has 0 spiro atoms. The molecular weight excluding hydrogens is 326 g/mol. The Bertz CT molecular complexity index is 318.